The van der Waals surface area contributed by atoms with Gasteiger partial charge in [-0.3, -0.25) is 0 Å². The average molecular weight is 247 g/mol. The zero-order valence-corrected chi connectivity index (χ0v) is 10.7. The summed E-state index contributed by atoms with van der Waals surface area (Å²) in [6.07, 6.45) is 3.03. The second-order valence-corrected chi connectivity index (χ2v) is 5.33. The van der Waals surface area contributed by atoms with Crippen molar-refractivity contribution in [2.75, 3.05) is 31.1 Å². The molecule has 0 aromatic carbocycles. The molecular weight excluding hydrogens is 226 g/mol. The van der Waals surface area contributed by atoms with E-state index in [4.69, 9.17) is 4.98 Å². The first-order chi connectivity index (χ1) is 8.83. The number of rotatable bonds is 2. The fourth-order valence-corrected chi connectivity index (χ4v) is 2.91. The maximum absolute atomic E-state index is 9.60. The van der Waals surface area contributed by atoms with Gasteiger partial charge in [-0.1, -0.05) is 6.07 Å². The first-order valence-corrected chi connectivity index (χ1v) is 6.93. The first-order valence-electron chi connectivity index (χ1n) is 6.93. The zero-order chi connectivity index (χ0) is 12.4. The molecule has 2 aliphatic heterocycles. The van der Waals surface area contributed by atoms with Crippen LogP contribution in [-0.2, 0) is 0 Å². The summed E-state index contributed by atoms with van der Waals surface area (Å²) in [6.45, 7) is 3.84. The molecule has 3 heterocycles. The molecule has 1 aromatic rings. The molecule has 4 heteroatoms. The Hall–Kier alpha value is -1.13. The van der Waals surface area contributed by atoms with Crippen LogP contribution in [0, 0.1) is 0 Å². The molecule has 0 bridgehead atoms. The first kappa shape index (κ1) is 11.9. The fraction of sp³-hybridized carbons (Fsp3) is 0.643. The van der Waals surface area contributed by atoms with E-state index in [2.05, 4.69) is 28.4 Å². The number of anilines is 1. The Bertz CT molecular complexity index is 384. The van der Waals surface area contributed by atoms with Crippen molar-refractivity contribution in [1.82, 2.24) is 10.3 Å². The number of piperidine rings is 1. The lowest BCUT2D eigenvalue weighted by atomic mass is 9.94. The van der Waals surface area contributed by atoms with E-state index in [-0.39, 0.29) is 6.10 Å². The zero-order valence-electron chi connectivity index (χ0n) is 10.7. The minimum absolute atomic E-state index is 0.186. The van der Waals surface area contributed by atoms with Crippen LogP contribution in [0.1, 0.15) is 30.9 Å². The molecule has 1 aromatic heterocycles. The summed E-state index contributed by atoms with van der Waals surface area (Å²) >= 11 is 0. The molecule has 18 heavy (non-hydrogen) atoms. The third-order valence-electron chi connectivity index (χ3n) is 4.00. The topological polar surface area (TPSA) is 48.4 Å². The maximum Gasteiger partial charge on any atom is 0.128 e. The van der Waals surface area contributed by atoms with Gasteiger partial charge in [-0.15, -0.1) is 0 Å². The number of aromatic nitrogens is 1. The van der Waals surface area contributed by atoms with Crippen molar-refractivity contribution in [2.24, 2.45) is 0 Å². The molecule has 4 nitrogen and oxygen atoms in total. The van der Waals surface area contributed by atoms with Gasteiger partial charge in [0.1, 0.15) is 5.82 Å². The van der Waals surface area contributed by atoms with E-state index in [9.17, 15) is 5.11 Å². The standard InChI is InChI=1S/C14H21N3O/c18-12-6-9-17(10-12)14-3-1-2-13(16-14)11-4-7-15-8-5-11/h1-3,11-12,15,18H,4-10H2. The highest BCUT2D eigenvalue weighted by molar-refractivity contribution is 5.41. The molecule has 2 saturated heterocycles. The third kappa shape index (κ3) is 2.49. The van der Waals surface area contributed by atoms with E-state index in [1.54, 1.807) is 0 Å². The summed E-state index contributed by atoms with van der Waals surface area (Å²) in [7, 11) is 0. The predicted molar refractivity (Wildman–Crippen MR) is 71.9 cm³/mol. The Balaban J connectivity index is 1.76. The van der Waals surface area contributed by atoms with Crippen molar-refractivity contribution >= 4 is 5.82 Å². The van der Waals surface area contributed by atoms with Gasteiger partial charge in [0.05, 0.1) is 6.10 Å². The summed E-state index contributed by atoms with van der Waals surface area (Å²) < 4.78 is 0. The van der Waals surface area contributed by atoms with E-state index in [1.165, 1.54) is 18.5 Å². The lowest BCUT2D eigenvalue weighted by Crippen LogP contribution is -2.27. The lowest BCUT2D eigenvalue weighted by molar-refractivity contribution is 0.198. The predicted octanol–water partition coefficient (Wildman–Crippen LogP) is 1.12. The van der Waals surface area contributed by atoms with E-state index in [0.717, 1.165) is 38.4 Å². The lowest BCUT2D eigenvalue weighted by Gasteiger charge is -2.24. The molecular formula is C14H21N3O. The van der Waals surface area contributed by atoms with Crippen molar-refractivity contribution < 1.29 is 5.11 Å². The quantitative estimate of drug-likeness (QED) is 0.822. The van der Waals surface area contributed by atoms with Gasteiger partial charge in [0.25, 0.3) is 0 Å². The van der Waals surface area contributed by atoms with Crippen LogP contribution in [0.2, 0.25) is 0 Å². The molecule has 2 N–H and O–H groups in total. The summed E-state index contributed by atoms with van der Waals surface area (Å²) in [5.41, 5.74) is 1.22. The van der Waals surface area contributed by atoms with Gasteiger partial charge in [-0.25, -0.2) is 4.98 Å². The van der Waals surface area contributed by atoms with Gasteiger partial charge in [-0.05, 0) is 44.5 Å². The number of hydrogen-bond acceptors (Lipinski definition) is 4. The Labute approximate surface area is 108 Å². The molecule has 0 saturated carbocycles. The summed E-state index contributed by atoms with van der Waals surface area (Å²) in [4.78, 5) is 6.99. The normalized spacial score (nSPS) is 25.6. The van der Waals surface area contributed by atoms with Crippen LogP contribution in [0.3, 0.4) is 0 Å². The molecule has 1 unspecified atom stereocenters. The maximum atomic E-state index is 9.60. The third-order valence-corrected chi connectivity index (χ3v) is 4.00. The summed E-state index contributed by atoms with van der Waals surface area (Å²) in [6, 6.07) is 6.30. The highest BCUT2D eigenvalue weighted by atomic mass is 16.3. The van der Waals surface area contributed by atoms with E-state index in [0.29, 0.717) is 5.92 Å². The van der Waals surface area contributed by atoms with Gasteiger partial charge in [0.2, 0.25) is 0 Å². The van der Waals surface area contributed by atoms with Crippen molar-refractivity contribution in [2.45, 2.75) is 31.3 Å². The van der Waals surface area contributed by atoms with Gasteiger partial charge < -0.3 is 15.3 Å². The van der Waals surface area contributed by atoms with Crippen LogP contribution in [0.15, 0.2) is 18.2 Å². The van der Waals surface area contributed by atoms with Gasteiger partial charge >= 0.3 is 0 Å². The second-order valence-electron chi connectivity index (χ2n) is 5.33. The number of pyridine rings is 1. The minimum atomic E-state index is -0.186. The molecule has 0 aliphatic carbocycles. The molecule has 0 radical (unpaired) electrons. The molecule has 0 spiro atoms. The van der Waals surface area contributed by atoms with Crippen molar-refractivity contribution in [3.05, 3.63) is 23.9 Å². The highest BCUT2D eigenvalue weighted by Gasteiger charge is 2.22. The number of aliphatic hydroxyl groups is 1. The Kier molecular flexibility index (Phi) is 3.48. The van der Waals surface area contributed by atoms with Crippen LogP contribution < -0.4 is 10.2 Å². The summed E-state index contributed by atoms with van der Waals surface area (Å²) in [5, 5.41) is 13.0. The molecule has 2 fully saturated rings. The van der Waals surface area contributed by atoms with Crippen LogP contribution >= 0.6 is 0 Å². The molecule has 3 rings (SSSR count). The molecule has 1 atom stereocenters. The van der Waals surface area contributed by atoms with Crippen LogP contribution in [-0.4, -0.2) is 42.4 Å². The second kappa shape index (κ2) is 5.24. The van der Waals surface area contributed by atoms with E-state index in [1.807, 2.05) is 0 Å². The highest BCUT2D eigenvalue weighted by Crippen LogP contribution is 2.26. The largest absolute Gasteiger partial charge is 0.391 e. The van der Waals surface area contributed by atoms with Crippen molar-refractivity contribution in [3.63, 3.8) is 0 Å². The molecule has 2 aliphatic rings. The number of hydrogen-bond donors (Lipinski definition) is 2. The van der Waals surface area contributed by atoms with Crippen molar-refractivity contribution in [1.29, 1.82) is 0 Å². The molecule has 98 valence electrons. The van der Waals surface area contributed by atoms with Crippen LogP contribution in [0.5, 0.6) is 0 Å². The van der Waals surface area contributed by atoms with Crippen molar-refractivity contribution in [3.8, 4) is 0 Å². The Morgan fingerprint density at radius 3 is 2.78 bits per heavy atom. The Morgan fingerprint density at radius 1 is 1.22 bits per heavy atom. The number of nitrogens with zero attached hydrogens (tertiary/aromatic N) is 2. The number of β-amino-alcohol motifs (C(OH)–C–C–N with tert-alkyl or cyclic N) is 1. The van der Waals surface area contributed by atoms with Gasteiger partial charge in [0.15, 0.2) is 0 Å². The monoisotopic (exact) mass is 247 g/mol. The van der Waals surface area contributed by atoms with Crippen LogP contribution in [0.4, 0.5) is 5.82 Å². The Morgan fingerprint density at radius 2 is 2.06 bits per heavy atom. The number of nitrogens with one attached hydrogen (secondary N) is 1. The minimum Gasteiger partial charge on any atom is -0.391 e. The smallest absolute Gasteiger partial charge is 0.128 e. The van der Waals surface area contributed by atoms with Gasteiger partial charge in [0, 0.05) is 24.7 Å². The number of aliphatic hydroxyl groups excluding tert-OH is 1. The summed E-state index contributed by atoms with van der Waals surface area (Å²) in [5.74, 6) is 1.63. The SMILES string of the molecule is OC1CCN(c2cccc(C3CCNCC3)n2)C1. The average Bonchev–Trinajstić information content (AvgIpc) is 2.87. The van der Waals surface area contributed by atoms with E-state index < -0.39 is 0 Å². The van der Waals surface area contributed by atoms with E-state index >= 15 is 0 Å². The van der Waals surface area contributed by atoms with Gasteiger partial charge in [-0.2, -0.15) is 0 Å². The molecule has 0 amide bonds. The van der Waals surface area contributed by atoms with Crippen LogP contribution in [0.25, 0.3) is 0 Å². The fourth-order valence-electron chi connectivity index (χ4n) is 2.91.